The molecular formula is C14H8BrF3O. The van der Waals surface area contributed by atoms with E-state index in [4.69, 9.17) is 0 Å². The van der Waals surface area contributed by atoms with Crippen molar-refractivity contribution in [1.29, 1.82) is 0 Å². The minimum absolute atomic E-state index is 0.0760. The highest BCUT2D eigenvalue weighted by molar-refractivity contribution is 9.10. The van der Waals surface area contributed by atoms with E-state index in [2.05, 4.69) is 15.9 Å². The van der Waals surface area contributed by atoms with Gasteiger partial charge in [-0.15, -0.1) is 0 Å². The van der Waals surface area contributed by atoms with Crippen molar-refractivity contribution in [3.8, 4) is 0 Å². The molecule has 0 fully saturated rings. The number of Topliss-reactive ketones (excluding diaryl/α,β-unsaturated/α-hetero) is 1. The van der Waals surface area contributed by atoms with E-state index in [1.54, 1.807) is 6.07 Å². The molecule has 0 N–H and O–H groups in total. The monoisotopic (exact) mass is 328 g/mol. The van der Waals surface area contributed by atoms with Gasteiger partial charge in [0, 0.05) is 10.9 Å². The third-order valence-electron chi connectivity index (χ3n) is 2.58. The zero-order chi connectivity index (χ0) is 14.0. The molecule has 0 aliphatic heterocycles. The Morgan fingerprint density at radius 3 is 2.32 bits per heavy atom. The summed E-state index contributed by atoms with van der Waals surface area (Å²) in [5.41, 5.74) is 0.221. The first-order valence-electron chi connectivity index (χ1n) is 5.39. The lowest BCUT2D eigenvalue weighted by atomic mass is 10.0. The van der Waals surface area contributed by atoms with Crippen molar-refractivity contribution in [2.75, 3.05) is 0 Å². The Balaban J connectivity index is 2.23. The molecule has 0 amide bonds. The highest BCUT2D eigenvalue weighted by atomic mass is 79.9. The Morgan fingerprint density at radius 2 is 1.68 bits per heavy atom. The van der Waals surface area contributed by atoms with Crippen molar-refractivity contribution in [3.63, 3.8) is 0 Å². The maximum Gasteiger partial charge on any atom is 0.170 e. The van der Waals surface area contributed by atoms with E-state index < -0.39 is 23.2 Å². The molecule has 2 rings (SSSR count). The number of carbonyl (C=O) groups is 1. The van der Waals surface area contributed by atoms with Crippen LogP contribution in [0.2, 0.25) is 0 Å². The number of ketones is 1. The third-order valence-corrected chi connectivity index (χ3v) is 3.07. The second-order valence-corrected chi connectivity index (χ2v) is 4.89. The topological polar surface area (TPSA) is 17.1 Å². The van der Waals surface area contributed by atoms with Crippen molar-refractivity contribution in [3.05, 3.63) is 69.4 Å². The van der Waals surface area contributed by atoms with E-state index in [1.165, 1.54) is 18.2 Å². The highest BCUT2D eigenvalue weighted by Gasteiger charge is 2.13. The molecule has 0 saturated heterocycles. The van der Waals surface area contributed by atoms with Gasteiger partial charge in [0.15, 0.2) is 17.4 Å². The Labute approximate surface area is 116 Å². The molecule has 0 unspecified atom stereocenters. The third kappa shape index (κ3) is 3.23. The van der Waals surface area contributed by atoms with Crippen LogP contribution in [0.25, 0.3) is 0 Å². The molecule has 19 heavy (non-hydrogen) atoms. The number of rotatable bonds is 3. The molecule has 0 spiro atoms. The number of hydrogen-bond donors (Lipinski definition) is 0. The number of benzene rings is 2. The second-order valence-electron chi connectivity index (χ2n) is 3.97. The van der Waals surface area contributed by atoms with Crippen LogP contribution >= 0.6 is 15.9 Å². The average molecular weight is 329 g/mol. The Kier molecular flexibility index (Phi) is 4.04. The zero-order valence-corrected chi connectivity index (χ0v) is 11.2. The van der Waals surface area contributed by atoms with Crippen LogP contribution in [0.5, 0.6) is 0 Å². The summed E-state index contributed by atoms with van der Waals surface area (Å²) in [6, 6.07) is 7.24. The lowest BCUT2D eigenvalue weighted by Gasteiger charge is -2.04. The molecule has 98 valence electrons. The summed E-state index contributed by atoms with van der Waals surface area (Å²) < 4.78 is 39.8. The van der Waals surface area contributed by atoms with E-state index in [1.807, 2.05) is 0 Å². The highest BCUT2D eigenvalue weighted by Crippen LogP contribution is 2.18. The summed E-state index contributed by atoms with van der Waals surface area (Å²) in [6.45, 7) is 0. The van der Waals surface area contributed by atoms with E-state index in [0.29, 0.717) is 10.0 Å². The minimum Gasteiger partial charge on any atom is -0.294 e. The molecule has 2 aromatic rings. The van der Waals surface area contributed by atoms with Crippen LogP contribution in [0.1, 0.15) is 15.9 Å². The van der Waals surface area contributed by atoms with Gasteiger partial charge in [0.2, 0.25) is 0 Å². The molecule has 0 atom stereocenters. The van der Waals surface area contributed by atoms with Gasteiger partial charge < -0.3 is 0 Å². The number of halogens is 4. The van der Waals surface area contributed by atoms with Crippen LogP contribution in [0.4, 0.5) is 13.2 Å². The lowest BCUT2D eigenvalue weighted by Crippen LogP contribution is -2.06. The van der Waals surface area contributed by atoms with E-state index in [0.717, 1.165) is 12.1 Å². The summed E-state index contributed by atoms with van der Waals surface area (Å²) in [5, 5.41) is 0. The Hall–Kier alpha value is -1.62. The first kappa shape index (κ1) is 13.8. The summed E-state index contributed by atoms with van der Waals surface area (Å²) in [7, 11) is 0. The summed E-state index contributed by atoms with van der Waals surface area (Å²) in [4.78, 5) is 11.9. The van der Waals surface area contributed by atoms with Crippen molar-refractivity contribution >= 4 is 21.7 Å². The minimum atomic E-state index is -1.03. The summed E-state index contributed by atoms with van der Waals surface area (Å²) >= 11 is 3.09. The smallest absolute Gasteiger partial charge is 0.170 e. The van der Waals surface area contributed by atoms with Gasteiger partial charge in [-0.05, 0) is 35.9 Å². The van der Waals surface area contributed by atoms with Gasteiger partial charge in [-0.1, -0.05) is 22.0 Å². The quantitative estimate of drug-likeness (QED) is 0.768. The van der Waals surface area contributed by atoms with Crippen LogP contribution in [0, 0.1) is 17.5 Å². The predicted octanol–water partition coefficient (Wildman–Crippen LogP) is 4.29. The van der Waals surface area contributed by atoms with Gasteiger partial charge in [0.05, 0.1) is 5.56 Å². The van der Waals surface area contributed by atoms with Crippen molar-refractivity contribution in [2.24, 2.45) is 0 Å². The van der Waals surface area contributed by atoms with E-state index in [9.17, 15) is 18.0 Å². The fourth-order valence-corrected chi connectivity index (χ4v) is 1.98. The van der Waals surface area contributed by atoms with Crippen molar-refractivity contribution in [2.45, 2.75) is 6.42 Å². The van der Waals surface area contributed by atoms with E-state index >= 15 is 0 Å². The molecule has 2 aromatic carbocycles. The maximum atomic E-state index is 13.6. The van der Waals surface area contributed by atoms with Gasteiger partial charge in [0.1, 0.15) is 5.82 Å². The zero-order valence-electron chi connectivity index (χ0n) is 9.59. The Morgan fingerprint density at radius 1 is 0.947 bits per heavy atom. The van der Waals surface area contributed by atoms with Crippen LogP contribution in [0.15, 0.2) is 40.9 Å². The fraction of sp³-hybridized carbons (Fsp3) is 0.0714. The molecule has 1 nitrogen and oxygen atoms in total. The van der Waals surface area contributed by atoms with Crippen LogP contribution < -0.4 is 0 Å². The molecule has 0 aliphatic rings. The van der Waals surface area contributed by atoms with Gasteiger partial charge in [0.25, 0.3) is 0 Å². The molecule has 0 saturated carbocycles. The van der Waals surface area contributed by atoms with Crippen molar-refractivity contribution < 1.29 is 18.0 Å². The molecule has 0 aromatic heterocycles. The Bertz CT molecular complexity index is 641. The predicted molar refractivity (Wildman–Crippen MR) is 68.5 cm³/mol. The van der Waals surface area contributed by atoms with Gasteiger partial charge in [-0.2, -0.15) is 0 Å². The standard InChI is InChI=1S/C14H8BrF3O/c15-9-2-3-10(12(17)7-9)14(19)6-8-1-4-11(16)13(18)5-8/h1-5,7H,6H2. The number of hydrogen-bond acceptors (Lipinski definition) is 1. The maximum absolute atomic E-state index is 13.6. The van der Waals surface area contributed by atoms with Gasteiger partial charge >= 0.3 is 0 Å². The fourth-order valence-electron chi connectivity index (χ4n) is 1.65. The molecule has 0 radical (unpaired) electrons. The van der Waals surface area contributed by atoms with Crippen LogP contribution in [0.3, 0.4) is 0 Å². The second kappa shape index (κ2) is 5.57. The average Bonchev–Trinajstić information content (AvgIpc) is 2.33. The molecule has 0 heterocycles. The first-order chi connectivity index (χ1) is 8.97. The molecule has 0 aliphatic carbocycles. The van der Waals surface area contributed by atoms with Gasteiger partial charge in [-0.25, -0.2) is 13.2 Å². The first-order valence-corrected chi connectivity index (χ1v) is 6.19. The molecule has 0 bridgehead atoms. The van der Waals surface area contributed by atoms with Crippen LogP contribution in [-0.4, -0.2) is 5.78 Å². The normalized spacial score (nSPS) is 10.5. The largest absolute Gasteiger partial charge is 0.294 e. The number of carbonyl (C=O) groups excluding carboxylic acids is 1. The SMILES string of the molecule is O=C(Cc1ccc(F)c(F)c1)c1ccc(Br)cc1F. The van der Waals surface area contributed by atoms with E-state index in [-0.39, 0.29) is 12.0 Å². The summed E-state index contributed by atoms with van der Waals surface area (Å²) in [6.07, 6.45) is -0.185. The molecule has 5 heteroatoms. The van der Waals surface area contributed by atoms with Gasteiger partial charge in [-0.3, -0.25) is 4.79 Å². The molecular weight excluding hydrogens is 321 g/mol. The van der Waals surface area contributed by atoms with Crippen molar-refractivity contribution in [1.82, 2.24) is 0 Å². The van der Waals surface area contributed by atoms with Crippen LogP contribution in [-0.2, 0) is 6.42 Å². The lowest BCUT2D eigenvalue weighted by molar-refractivity contribution is 0.0989. The summed E-state index contributed by atoms with van der Waals surface area (Å²) in [5.74, 6) is -3.15.